The highest BCUT2D eigenvalue weighted by Gasteiger charge is 2.39. The third-order valence-corrected chi connectivity index (χ3v) is 5.65. The summed E-state index contributed by atoms with van der Waals surface area (Å²) < 4.78 is 1.89. The van der Waals surface area contributed by atoms with Crippen LogP contribution in [0.3, 0.4) is 0 Å². The minimum atomic E-state index is -0.601. The smallest absolute Gasteiger partial charge is 0.255 e. The Labute approximate surface area is 173 Å². The molecule has 1 fully saturated rings. The molecule has 3 aromatic rings. The van der Waals surface area contributed by atoms with Crippen molar-refractivity contribution in [3.8, 4) is 11.3 Å². The molecule has 1 saturated heterocycles. The van der Waals surface area contributed by atoms with Gasteiger partial charge in [0.15, 0.2) is 0 Å². The summed E-state index contributed by atoms with van der Waals surface area (Å²) >= 11 is 0. The van der Waals surface area contributed by atoms with Gasteiger partial charge in [-0.25, -0.2) is 0 Å². The number of piperidine rings is 1. The number of nitrogens with zero attached hydrogens (tertiary/aromatic N) is 3. The van der Waals surface area contributed by atoms with Crippen molar-refractivity contribution in [2.24, 2.45) is 0 Å². The summed E-state index contributed by atoms with van der Waals surface area (Å²) in [5.74, 6) is -0.846. The number of benzene rings is 2. The number of aromatic nitrogens is 2. The topological polar surface area (TPSA) is 84.3 Å². The quantitative estimate of drug-likeness (QED) is 0.682. The molecule has 5 rings (SSSR count). The third-order valence-electron chi connectivity index (χ3n) is 5.65. The molecule has 0 bridgehead atoms. The van der Waals surface area contributed by atoms with Crippen LogP contribution < -0.4 is 5.32 Å². The van der Waals surface area contributed by atoms with Crippen molar-refractivity contribution in [3.05, 3.63) is 77.5 Å². The molecule has 2 aromatic carbocycles. The lowest BCUT2D eigenvalue weighted by Crippen LogP contribution is -2.52. The van der Waals surface area contributed by atoms with E-state index in [4.69, 9.17) is 0 Å². The molecule has 7 heteroatoms. The van der Waals surface area contributed by atoms with Crippen LogP contribution in [-0.4, -0.2) is 38.4 Å². The van der Waals surface area contributed by atoms with E-state index in [2.05, 4.69) is 22.5 Å². The zero-order chi connectivity index (χ0) is 20.7. The zero-order valence-corrected chi connectivity index (χ0v) is 16.2. The maximum Gasteiger partial charge on any atom is 0.255 e. The molecule has 1 aromatic heterocycles. The zero-order valence-electron chi connectivity index (χ0n) is 16.2. The van der Waals surface area contributed by atoms with Crippen molar-refractivity contribution in [2.75, 3.05) is 0 Å². The van der Waals surface area contributed by atoms with Gasteiger partial charge >= 0.3 is 0 Å². The second-order valence-corrected chi connectivity index (χ2v) is 7.66. The van der Waals surface area contributed by atoms with E-state index < -0.39 is 11.9 Å². The second-order valence-electron chi connectivity index (χ2n) is 7.66. The maximum absolute atomic E-state index is 12.8. The summed E-state index contributed by atoms with van der Waals surface area (Å²) in [7, 11) is 0. The molecule has 30 heavy (non-hydrogen) atoms. The Morgan fingerprint density at radius 3 is 2.67 bits per heavy atom. The van der Waals surface area contributed by atoms with E-state index in [9.17, 15) is 14.4 Å². The number of carbonyl (C=O) groups excluding carboxylic acids is 3. The molecule has 1 unspecified atom stereocenters. The maximum atomic E-state index is 12.8. The lowest BCUT2D eigenvalue weighted by molar-refractivity contribution is -0.136. The molecule has 0 aliphatic carbocycles. The van der Waals surface area contributed by atoms with Crippen LogP contribution in [0.5, 0.6) is 0 Å². The number of carbonyl (C=O) groups is 3. The van der Waals surface area contributed by atoms with Crippen molar-refractivity contribution in [2.45, 2.75) is 32.0 Å². The monoisotopic (exact) mass is 400 g/mol. The van der Waals surface area contributed by atoms with E-state index in [0.717, 1.165) is 16.8 Å². The average molecular weight is 400 g/mol. The van der Waals surface area contributed by atoms with Crippen LogP contribution in [0.25, 0.3) is 11.3 Å². The van der Waals surface area contributed by atoms with E-state index in [0.29, 0.717) is 25.1 Å². The number of nitrogens with one attached hydrogen (secondary N) is 1. The molecule has 0 saturated carbocycles. The van der Waals surface area contributed by atoms with Gasteiger partial charge in [0.2, 0.25) is 11.8 Å². The van der Waals surface area contributed by atoms with Gasteiger partial charge in [-0.05, 0) is 35.7 Å². The van der Waals surface area contributed by atoms with E-state index >= 15 is 0 Å². The first-order chi connectivity index (χ1) is 14.6. The fourth-order valence-electron chi connectivity index (χ4n) is 4.11. The minimum absolute atomic E-state index is 0.166. The van der Waals surface area contributed by atoms with Gasteiger partial charge in [-0.15, -0.1) is 0 Å². The molecule has 0 spiro atoms. The molecule has 2 aliphatic heterocycles. The van der Waals surface area contributed by atoms with Crippen molar-refractivity contribution >= 4 is 17.7 Å². The molecule has 2 aliphatic rings. The van der Waals surface area contributed by atoms with Crippen LogP contribution >= 0.6 is 0 Å². The fraction of sp³-hybridized carbons (Fsp3) is 0.217. The highest BCUT2D eigenvalue weighted by Crippen LogP contribution is 2.30. The number of imide groups is 1. The lowest BCUT2D eigenvalue weighted by Gasteiger charge is -2.29. The number of rotatable bonds is 4. The predicted octanol–water partition coefficient (Wildman–Crippen LogP) is 2.36. The molecule has 1 N–H and O–H groups in total. The molecule has 7 nitrogen and oxygen atoms in total. The van der Waals surface area contributed by atoms with E-state index in [1.54, 1.807) is 11.0 Å². The molecule has 1 atom stereocenters. The van der Waals surface area contributed by atoms with Crippen molar-refractivity contribution < 1.29 is 14.4 Å². The SMILES string of the molecule is O=C1CCC(N2Cc3cc(-c4ccn(Cc5ccccc5)n4)ccc3C2=O)C(=O)N1. The van der Waals surface area contributed by atoms with Crippen molar-refractivity contribution in [1.29, 1.82) is 0 Å². The Morgan fingerprint density at radius 1 is 1.03 bits per heavy atom. The highest BCUT2D eigenvalue weighted by atomic mass is 16.2. The Morgan fingerprint density at radius 2 is 1.87 bits per heavy atom. The largest absolute Gasteiger partial charge is 0.322 e. The van der Waals surface area contributed by atoms with Crippen molar-refractivity contribution in [1.82, 2.24) is 20.0 Å². The van der Waals surface area contributed by atoms with Gasteiger partial charge in [-0.3, -0.25) is 24.4 Å². The molecular formula is C23H20N4O3. The Balaban J connectivity index is 1.36. The van der Waals surface area contributed by atoms with Crippen LogP contribution in [0.2, 0.25) is 0 Å². The summed E-state index contributed by atoms with van der Waals surface area (Å²) in [6.45, 7) is 1.05. The highest BCUT2D eigenvalue weighted by molar-refractivity contribution is 6.05. The first-order valence-electron chi connectivity index (χ1n) is 9.94. The molecule has 0 radical (unpaired) electrons. The summed E-state index contributed by atoms with van der Waals surface area (Å²) in [6, 6.07) is 17.1. The van der Waals surface area contributed by atoms with Gasteiger partial charge in [0.25, 0.3) is 5.91 Å². The van der Waals surface area contributed by atoms with Crippen LogP contribution in [-0.2, 0) is 22.7 Å². The number of fused-ring (bicyclic) bond motifs is 1. The summed E-state index contributed by atoms with van der Waals surface area (Å²) in [4.78, 5) is 38.0. The van der Waals surface area contributed by atoms with Gasteiger partial charge < -0.3 is 4.90 Å². The van der Waals surface area contributed by atoms with Gasteiger partial charge in [-0.1, -0.05) is 36.4 Å². The van der Waals surface area contributed by atoms with Gasteiger partial charge in [0.1, 0.15) is 6.04 Å². The third kappa shape index (κ3) is 3.28. The number of hydrogen-bond acceptors (Lipinski definition) is 4. The first kappa shape index (κ1) is 18.3. The molecule has 150 valence electrons. The number of hydrogen-bond donors (Lipinski definition) is 1. The minimum Gasteiger partial charge on any atom is -0.322 e. The Bertz CT molecular complexity index is 1150. The van der Waals surface area contributed by atoms with E-state index in [1.165, 1.54) is 5.56 Å². The molecular weight excluding hydrogens is 380 g/mol. The Kier molecular flexibility index (Phi) is 4.43. The standard InChI is InChI=1S/C23H20N4O3/c28-21-9-8-20(22(29)24-21)27-14-17-12-16(6-7-18(17)23(27)30)19-10-11-26(25-19)13-15-4-2-1-3-5-15/h1-7,10-12,20H,8-9,13-14H2,(H,24,28,29). The van der Waals surface area contributed by atoms with E-state index in [1.807, 2.05) is 47.3 Å². The summed E-state index contributed by atoms with van der Waals surface area (Å²) in [5.41, 5.74) is 4.41. The lowest BCUT2D eigenvalue weighted by atomic mass is 10.0. The van der Waals surface area contributed by atoms with Gasteiger partial charge in [0.05, 0.1) is 12.2 Å². The molecule has 3 amide bonds. The fourth-order valence-corrected chi connectivity index (χ4v) is 4.11. The average Bonchev–Trinajstić information content (AvgIpc) is 3.33. The molecule has 3 heterocycles. The van der Waals surface area contributed by atoms with Gasteiger partial charge in [-0.2, -0.15) is 5.10 Å². The second kappa shape index (κ2) is 7.26. The first-order valence-corrected chi connectivity index (χ1v) is 9.94. The summed E-state index contributed by atoms with van der Waals surface area (Å²) in [6.07, 6.45) is 2.55. The summed E-state index contributed by atoms with van der Waals surface area (Å²) in [5, 5.41) is 7.00. The van der Waals surface area contributed by atoms with Gasteiger partial charge in [0, 0.05) is 30.3 Å². The predicted molar refractivity (Wildman–Crippen MR) is 109 cm³/mol. The van der Waals surface area contributed by atoms with E-state index in [-0.39, 0.29) is 18.2 Å². The van der Waals surface area contributed by atoms with Crippen LogP contribution in [0.4, 0.5) is 0 Å². The number of amides is 3. The van der Waals surface area contributed by atoms with Crippen LogP contribution in [0, 0.1) is 0 Å². The Hall–Kier alpha value is -3.74. The normalized spacial score (nSPS) is 18.5. The van der Waals surface area contributed by atoms with Crippen LogP contribution in [0.15, 0.2) is 60.8 Å². The van der Waals surface area contributed by atoms with Crippen molar-refractivity contribution in [3.63, 3.8) is 0 Å². The van der Waals surface area contributed by atoms with Crippen LogP contribution in [0.1, 0.15) is 34.3 Å².